The number of hydrogen-bond acceptors (Lipinski definition) is 5. The summed E-state index contributed by atoms with van der Waals surface area (Å²) in [5, 5.41) is 2.75. The Morgan fingerprint density at radius 3 is 2.44 bits per heavy atom. The molecule has 0 radical (unpaired) electrons. The molecule has 1 aromatic heterocycles. The van der Waals surface area contributed by atoms with Gasteiger partial charge in [0.1, 0.15) is 10.8 Å². The first-order valence-electron chi connectivity index (χ1n) is 7.99. The van der Waals surface area contributed by atoms with Crippen molar-refractivity contribution >= 4 is 23.1 Å². The predicted molar refractivity (Wildman–Crippen MR) is 98.0 cm³/mol. The highest BCUT2D eigenvalue weighted by atomic mass is 32.1. The predicted octanol–water partition coefficient (Wildman–Crippen LogP) is 4.55. The van der Waals surface area contributed by atoms with Gasteiger partial charge in [0.25, 0.3) is 0 Å². The Balaban J connectivity index is 1.61. The number of carbonyl (C=O) groups excluding carboxylic acids is 2. The number of benzene rings is 2. The van der Waals surface area contributed by atoms with Gasteiger partial charge in [-0.05, 0) is 24.3 Å². The first kappa shape index (κ1) is 17.0. The average molecular weight is 351 g/mol. The van der Waals surface area contributed by atoms with E-state index in [1.54, 1.807) is 24.3 Å². The molecule has 0 fully saturated rings. The lowest BCUT2D eigenvalue weighted by atomic mass is 10.1. The summed E-state index contributed by atoms with van der Waals surface area (Å²) in [6, 6.07) is 16.5. The summed E-state index contributed by atoms with van der Waals surface area (Å²) in [5.41, 5.74) is 2.34. The smallest absolute Gasteiger partial charge is 0.317 e. The van der Waals surface area contributed by atoms with Gasteiger partial charge in [-0.15, -0.1) is 11.3 Å². The fourth-order valence-corrected chi connectivity index (χ4v) is 3.16. The average Bonchev–Trinajstić information content (AvgIpc) is 3.10. The molecule has 4 nitrogen and oxygen atoms in total. The number of ketones is 1. The molecule has 2 aromatic carbocycles. The largest absolute Gasteiger partial charge is 0.426 e. The van der Waals surface area contributed by atoms with Crippen molar-refractivity contribution in [1.82, 2.24) is 4.98 Å². The van der Waals surface area contributed by atoms with Crippen LogP contribution in [0.4, 0.5) is 0 Å². The summed E-state index contributed by atoms with van der Waals surface area (Å²) in [4.78, 5) is 28.2. The molecule has 0 atom stereocenters. The van der Waals surface area contributed by atoms with E-state index in [0.29, 0.717) is 23.4 Å². The van der Waals surface area contributed by atoms with Crippen LogP contribution in [0, 0.1) is 0 Å². The number of rotatable bonds is 6. The second-order valence-electron chi connectivity index (χ2n) is 5.46. The number of Topliss-reactive ketones (excluding diaryl/α,β-unsaturated/α-hetero) is 1. The summed E-state index contributed by atoms with van der Waals surface area (Å²) in [5.74, 6) is 0.115. The molecule has 0 spiro atoms. The molecule has 0 amide bonds. The molecule has 5 heteroatoms. The van der Waals surface area contributed by atoms with Crippen LogP contribution in [0.15, 0.2) is 60.0 Å². The lowest BCUT2D eigenvalue weighted by Crippen LogP contribution is -2.11. The lowest BCUT2D eigenvalue weighted by Gasteiger charge is -2.04. The van der Waals surface area contributed by atoms with Crippen molar-refractivity contribution in [3.63, 3.8) is 0 Å². The Hall–Kier alpha value is -2.79. The number of aromatic nitrogens is 1. The number of hydrogen-bond donors (Lipinski definition) is 0. The topological polar surface area (TPSA) is 56.3 Å². The van der Waals surface area contributed by atoms with Crippen LogP contribution in [0.1, 0.15) is 29.4 Å². The van der Waals surface area contributed by atoms with Gasteiger partial charge in [-0.3, -0.25) is 9.59 Å². The molecule has 1 heterocycles. The van der Waals surface area contributed by atoms with Crippen molar-refractivity contribution in [3.8, 4) is 16.3 Å². The van der Waals surface area contributed by atoms with E-state index in [9.17, 15) is 9.59 Å². The van der Waals surface area contributed by atoms with Gasteiger partial charge in [0.05, 0.1) is 12.1 Å². The van der Waals surface area contributed by atoms with Crippen molar-refractivity contribution in [1.29, 1.82) is 0 Å². The molecule has 0 aliphatic carbocycles. The molecule has 0 aliphatic heterocycles. The van der Waals surface area contributed by atoms with E-state index in [-0.39, 0.29) is 18.2 Å². The molecular weight excluding hydrogens is 334 g/mol. The highest BCUT2D eigenvalue weighted by molar-refractivity contribution is 7.13. The monoisotopic (exact) mass is 351 g/mol. The first-order chi connectivity index (χ1) is 12.2. The number of nitrogens with zero attached hydrogens (tertiary/aromatic N) is 1. The Morgan fingerprint density at radius 2 is 1.76 bits per heavy atom. The molecule has 0 saturated heterocycles. The molecule has 3 rings (SSSR count). The van der Waals surface area contributed by atoms with Gasteiger partial charge in [0.15, 0.2) is 5.78 Å². The Kier molecular flexibility index (Phi) is 5.36. The fraction of sp³-hybridized carbons (Fsp3) is 0.150. The van der Waals surface area contributed by atoms with Crippen molar-refractivity contribution < 1.29 is 14.3 Å². The first-order valence-corrected chi connectivity index (χ1v) is 8.87. The van der Waals surface area contributed by atoms with E-state index >= 15 is 0 Å². The van der Waals surface area contributed by atoms with Crippen molar-refractivity contribution in [3.05, 3.63) is 71.2 Å². The molecular formula is C20H17NO3S. The number of esters is 1. The lowest BCUT2D eigenvalue weighted by molar-refractivity contribution is -0.133. The van der Waals surface area contributed by atoms with Gasteiger partial charge in [-0.25, -0.2) is 4.98 Å². The zero-order valence-electron chi connectivity index (χ0n) is 13.8. The summed E-state index contributed by atoms with van der Waals surface area (Å²) < 4.78 is 5.32. The Bertz CT molecular complexity index is 869. The summed E-state index contributed by atoms with van der Waals surface area (Å²) in [6.07, 6.45) is 0.561. The van der Waals surface area contributed by atoms with Crippen molar-refractivity contribution in [2.45, 2.75) is 19.8 Å². The van der Waals surface area contributed by atoms with Gasteiger partial charge in [-0.1, -0.05) is 37.3 Å². The summed E-state index contributed by atoms with van der Waals surface area (Å²) >= 11 is 1.50. The zero-order valence-corrected chi connectivity index (χ0v) is 14.6. The SMILES string of the molecule is CCC(=O)c1ccc(OC(=O)Cc2csc(-c3ccccc3)n2)cc1. The number of ether oxygens (including phenoxy) is 1. The highest BCUT2D eigenvalue weighted by Gasteiger charge is 2.11. The van der Waals surface area contributed by atoms with Crippen LogP contribution in [0.3, 0.4) is 0 Å². The van der Waals surface area contributed by atoms with Crippen LogP contribution in [-0.2, 0) is 11.2 Å². The fourth-order valence-electron chi connectivity index (χ4n) is 2.33. The summed E-state index contributed by atoms with van der Waals surface area (Å²) in [6.45, 7) is 1.81. The molecule has 25 heavy (non-hydrogen) atoms. The van der Waals surface area contributed by atoms with Gasteiger partial charge >= 0.3 is 5.97 Å². The van der Waals surface area contributed by atoms with Crippen LogP contribution in [0.25, 0.3) is 10.6 Å². The maximum Gasteiger partial charge on any atom is 0.317 e. The van der Waals surface area contributed by atoms with Gasteiger partial charge in [-0.2, -0.15) is 0 Å². The van der Waals surface area contributed by atoms with Crippen molar-refractivity contribution in [2.75, 3.05) is 0 Å². The van der Waals surface area contributed by atoms with E-state index < -0.39 is 0 Å². The van der Waals surface area contributed by atoms with Gasteiger partial charge in [0.2, 0.25) is 0 Å². The van der Waals surface area contributed by atoms with Crippen LogP contribution in [0.5, 0.6) is 5.75 Å². The van der Waals surface area contributed by atoms with Crippen LogP contribution >= 0.6 is 11.3 Å². The van der Waals surface area contributed by atoms with E-state index in [2.05, 4.69) is 4.98 Å². The van der Waals surface area contributed by atoms with Gasteiger partial charge < -0.3 is 4.74 Å². The summed E-state index contributed by atoms with van der Waals surface area (Å²) in [7, 11) is 0. The maximum absolute atomic E-state index is 12.1. The molecule has 0 N–H and O–H groups in total. The van der Waals surface area contributed by atoms with Crippen LogP contribution < -0.4 is 4.74 Å². The number of carbonyl (C=O) groups is 2. The second-order valence-corrected chi connectivity index (χ2v) is 6.32. The third-order valence-corrected chi connectivity index (χ3v) is 4.57. The highest BCUT2D eigenvalue weighted by Crippen LogP contribution is 2.23. The van der Waals surface area contributed by atoms with Crippen LogP contribution in [-0.4, -0.2) is 16.7 Å². The standard InChI is InChI=1S/C20H17NO3S/c1-2-18(22)14-8-10-17(11-9-14)24-19(23)12-16-13-25-20(21-16)15-6-4-3-5-7-15/h3-11,13H,2,12H2,1H3. The maximum atomic E-state index is 12.1. The molecule has 3 aromatic rings. The third kappa shape index (κ3) is 4.39. The van der Waals surface area contributed by atoms with E-state index in [1.807, 2.05) is 42.6 Å². The minimum Gasteiger partial charge on any atom is -0.426 e. The Labute approximate surface area is 150 Å². The second kappa shape index (κ2) is 7.85. The van der Waals surface area contributed by atoms with E-state index in [1.165, 1.54) is 11.3 Å². The zero-order chi connectivity index (χ0) is 17.6. The van der Waals surface area contributed by atoms with Crippen molar-refractivity contribution in [2.24, 2.45) is 0 Å². The third-order valence-electron chi connectivity index (χ3n) is 3.63. The Morgan fingerprint density at radius 1 is 1.04 bits per heavy atom. The van der Waals surface area contributed by atoms with Crippen LogP contribution in [0.2, 0.25) is 0 Å². The normalized spacial score (nSPS) is 10.4. The molecule has 126 valence electrons. The molecule has 0 bridgehead atoms. The van der Waals surface area contributed by atoms with Gasteiger partial charge in [0, 0.05) is 22.9 Å². The van der Waals surface area contributed by atoms with E-state index in [4.69, 9.17) is 4.74 Å². The quantitative estimate of drug-likeness (QED) is 0.371. The molecule has 0 saturated carbocycles. The molecule has 0 aliphatic rings. The molecule has 0 unspecified atom stereocenters. The minimum absolute atomic E-state index is 0.0637. The minimum atomic E-state index is -0.375. The number of thiazole rings is 1. The van der Waals surface area contributed by atoms with E-state index in [0.717, 1.165) is 10.6 Å².